The summed E-state index contributed by atoms with van der Waals surface area (Å²) in [5.41, 5.74) is 7.78. The summed E-state index contributed by atoms with van der Waals surface area (Å²) < 4.78 is 0. The molecule has 1 aliphatic rings. The van der Waals surface area contributed by atoms with Gasteiger partial charge in [-0.15, -0.1) is 0 Å². The van der Waals surface area contributed by atoms with Gasteiger partial charge in [-0.2, -0.15) is 0 Å². The second kappa shape index (κ2) is 4.78. The first kappa shape index (κ1) is 11.3. The minimum atomic E-state index is 0.450. The quantitative estimate of drug-likeness (QED) is 0.812. The van der Waals surface area contributed by atoms with Crippen LogP contribution in [0.25, 0.3) is 0 Å². The highest BCUT2D eigenvalue weighted by molar-refractivity contribution is 5.29. The van der Waals surface area contributed by atoms with Crippen LogP contribution in [0.15, 0.2) is 6.07 Å². The van der Waals surface area contributed by atoms with Gasteiger partial charge in [0.05, 0.1) is 0 Å². The van der Waals surface area contributed by atoms with Gasteiger partial charge >= 0.3 is 0 Å². The van der Waals surface area contributed by atoms with Gasteiger partial charge in [-0.3, -0.25) is 0 Å². The number of aromatic nitrogens is 2. The highest BCUT2D eigenvalue weighted by Crippen LogP contribution is 2.26. The largest absolute Gasteiger partial charge is 0.351 e. The Morgan fingerprint density at radius 3 is 2.62 bits per heavy atom. The molecule has 2 rings (SSSR count). The van der Waals surface area contributed by atoms with E-state index in [1.807, 2.05) is 19.9 Å². The number of anilines is 1. The van der Waals surface area contributed by atoms with Crippen LogP contribution in [0, 0.1) is 19.8 Å². The van der Waals surface area contributed by atoms with Crippen molar-refractivity contribution in [3.63, 3.8) is 0 Å². The average Bonchev–Trinajstić information content (AvgIpc) is 2.63. The number of aryl methyl sites for hydroxylation is 2. The lowest BCUT2D eigenvalue weighted by atomic mass is 10.0. The van der Waals surface area contributed by atoms with E-state index in [9.17, 15) is 0 Å². The summed E-state index contributed by atoms with van der Waals surface area (Å²) in [6.45, 7) is 4.74. The summed E-state index contributed by atoms with van der Waals surface area (Å²) in [5, 5.41) is 3.42. The van der Waals surface area contributed by atoms with E-state index in [1.165, 1.54) is 19.3 Å². The Kier molecular flexibility index (Phi) is 3.39. The predicted octanol–water partition coefficient (Wildman–Crippen LogP) is 1.63. The zero-order chi connectivity index (χ0) is 11.5. The van der Waals surface area contributed by atoms with E-state index in [0.717, 1.165) is 23.9 Å². The van der Waals surface area contributed by atoms with Crippen LogP contribution in [-0.2, 0) is 0 Å². The Hall–Kier alpha value is -1.16. The molecule has 0 amide bonds. The number of nitrogens with zero attached hydrogens (tertiary/aromatic N) is 2. The molecule has 1 heterocycles. The van der Waals surface area contributed by atoms with Crippen LogP contribution in [0.1, 0.15) is 30.7 Å². The summed E-state index contributed by atoms with van der Waals surface area (Å²) in [6.07, 6.45) is 3.65. The topological polar surface area (TPSA) is 63.8 Å². The minimum absolute atomic E-state index is 0.450. The van der Waals surface area contributed by atoms with E-state index < -0.39 is 0 Å². The molecule has 0 spiro atoms. The molecule has 16 heavy (non-hydrogen) atoms. The molecule has 0 aliphatic heterocycles. The first-order valence-corrected chi connectivity index (χ1v) is 5.98. The van der Waals surface area contributed by atoms with Gasteiger partial charge in [0.1, 0.15) is 0 Å². The Bertz CT molecular complexity index is 344. The van der Waals surface area contributed by atoms with Crippen molar-refractivity contribution in [2.24, 2.45) is 11.7 Å². The van der Waals surface area contributed by atoms with Gasteiger partial charge in [0.15, 0.2) is 0 Å². The average molecular weight is 220 g/mol. The normalized spacial score (nSPS) is 24.7. The smallest absolute Gasteiger partial charge is 0.223 e. The fourth-order valence-electron chi connectivity index (χ4n) is 2.47. The number of nitrogens with two attached hydrogens (primary N) is 1. The molecule has 1 saturated carbocycles. The molecule has 4 heteroatoms. The van der Waals surface area contributed by atoms with Gasteiger partial charge in [-0.1, -0.05) is 6.42 Å². The Balaban J connectivity index is 2.08. The van der Waals surface area contributed by atoms with Gasteiger partial charge in [0.2, 0.25) is 5.95 Å². The first-order valence-electron chi connectivity index (χ1n) is 5.98. The highest BCUT2D eigenvalue weighted by Gasteiger charge is 2.26. The lowest BCUT2D eigenvalue weighted by molar-refractivity contribution is 0.514. The molecule has 3 N–H and O–H groups in total. The Morgan fingerprint density at radius 1 is 1.31 bits per heavy atom. The molecule has 2 unspecified atom stereocenters. The first-order chi connectivity index (χ1) is 7.69. The van der Waals surface area contributed by atoms with Gasteiger partial charge in [0.25, 0.3) is 0 Å². The monoisotopic (exact) mass is 220 g/mol. The molecule has 0 radical (unpaired) electrons. The number of hydrogen-bond donors (Lipinski definition) is 2. The van der Waals surface area contributed by atoms with E-state index in [4.69, 9.17) is 5.73 Å². The molecule has 0 saturated heterocycles. The van der Waals surface area contributed by atoms with Gasteiger partial charge in [-0.25, -0.2) is 9.97 Å². The summed E-state index contributed by atoms with van der Waals surface area (Å²) in [5.74, 6) is 1.33. The van der Waals surface area contributed by atoms with Crippen molar-refractivity contribution in [2.45, 2.75) is 39.2 Å². The zero-order valence-corrected chi connectivity index (χ0v) is 10.0. The van der Waals surface area contributed by atoms with Crippen molar-refractivity contribution >= 4 is 5.95 Å². The molecule has 0 bridgehead atoms. The lowest BCUT2D eigenvalue weighted by Crippen LogP contribution is -2.30. The van der Waals surface area contributed by atoms with E-state index in [-0.39, 0.29) is 0 Å². The zero-order valence-electron chi connectivity index (χ0n) is 10.0. The van der Waals surface area contributed by atoms with Crippen LogP contribution in [0.5, 0.6) is 0 Å². The van der Waals surface area contributed by atoms with Crippen molar-refractivity contribution in [1.29, 1.82) is 0 Å². The third-order valence-corrected chi connectivity index (χ3v) is 3.26. The minimum Gasteiger partial charge on any atom is -0.351 e. The summed E-state index contributed by atoms with van der Waals surface area (Å²) in [4.78, 5) is 8.81. The van der Waals surface area contributed by atoms with Crippen LogP contribution in [0.2, 0.25) is 0 Å². The molecule has 2 atom stereocenters. The summed E-state index contributed by atoms with van der Waals surface area (Å²) in [6, 6.07) is 2.44. The number of hydrogen-bond acceptors (Lipinski definition) is 4. The van der Waals surface area contributed by atoms with Crippen molar-refractivity contribution < 1.29 is 0 Å². The number of nitrogens with one attached hydrogen (secondary N) is 1. The van der Waals surface area contributed by atoms with Crippen LogP contribution < -0.4 is 11.1 Å². The Morgan fingerprint density at radius 2 is 2.00 bits per heavy atom. The predicted molar refractivity (Wildman–Crippen MR) is 65.3 cm³/mol. The van der Waals surface area contributed by atoms with Gasteiger partial charge in [0, 0.05) is 17.4 Å². The molecule has 1 aromatic rings. The van der Waals surface area contributed by atoms with Crippen LogP contribution in [-0.4, -0.2) is 22.6 Å². The fraction of sp³-hybridized carbons (Fsp3) is 0.667. The third kappa shape index (κ3) is 2.50. The molecule has 1 aliphatic carbocycles. The molecule has 88 valence electrons. The van der Waals surface area contributed by atoms with Gasteiger partial charge in [-0.05, 0) is 45.2 Å². The number of rotatable bonds is 3. The Labute approximate surface area is 96.7 Å². The second-order valence-corrected chi connectivity index (χ2v) is 4.65. The van der Waals surface area contributed by atoms with E-state index >= 15 is 0 Å². The maximum atomic E-state index is 5.76. The maximum Gasteiger partial charge on any atom is 0.223 e. The summed E-state index contributed by atoms with van der Waals surface area (Å²) in [7, 11) is 0. The third-order valence-electron chi connectivity index (χ3n) is 3.26. The molecule has 0 aromatic carbocycles. The highest BCUT2D eigenvalue weighted by atomic mass is 15.1. The molecular formula is C12H20N4. The molecular weight excluding hydrogens is 200 g/mol. The lowest BCUT2D eigenvalue weighted by Gasteiger charge is -2.19. The van der Waals surface area contributed by atoms with Crippen LogP contribution in [0.3, 0.4) is 0 Å². The second-order valence-electron chi connectivity index (χ2n) is 4.65. The standard InChI is InChI=1S/C12H20N4/c1-8-6-9(2)15-12(14-8)16-11-5-3-4-10(11)7-13/h6,10-11H,3-5,7,13H2,1-2H3,(H,14,15,16). The fourth-order valence-corrected chi connectivity index (χ4v) is 2.47. The van der Waals surface area contributed by atoms with Crippen LogP contribution >= 0.6 is 0 Å². The van der Waals surface area contributed by atoms with E-state index in [2.05, 4.69) is 15.3 Å². The van der Waals surface area contributed by atoms with Crippen LogP contribution in [0.4, 0.5) is 5.95 Å². The SMILES string of the molecule is Cc1cc(C)nc(NC2CCCC2CN)n1. The summed E-state index contributed by atoms with van der Waals surface area (Å²) >= 11 is 0. The van der Waals surface area contributed by atoms with Crippen molar-refractivity contribution in [3.05, 3.63) is 17.5 Å². The molecule has 4 nitrogen and oxygen atoms in total. The van der Waals surface area contributed by atoms with Crippen molar-refractivity contribution in [1.82, 2.24) is 9.97 Å². The van der Waals surface area contributed by atoms with Gasteiger partial charge < -0.3 is 11.1 Å². The maximum absolute atomic E-state index is 5.76. The molecule has 1 fully saturated rings. The van der Waals surface area contributed by atoms with Crippen molar-refractivity contribution in [2.75, 3.05) is 11.9 Å². The van der Waals surface area contributed by atoms with Crippen molar-refractivity contribution in [3.8, 4) is 0 Å². The van der Waals surface area contributed by atoms with E-state index in [1.54, 1.807) is 0 Å². The molecule has 1 aromatic heterocycles. The van der Waals surface area contributed by atoms with E-state index in [0.29, 0.717) is 12.0 Å².